The van der Waals surface area contributed by atoms with Crippen LogP contribution in [0.1, 0.15) is 11.1 Å². The first-order valence-corrected chi connectivity index (χ1v) is 19.6. The molecule has 0 aliphatic rings. The normalized spacial score (nSPS) is 11.4. The van der Waals surface area contributed by atoms with Crippen molar-refractivity contribution in [1.82, 2.24) is 0 Å². The topological polar surface area (TPSA) is 294 Å². The highest BCUT2D eigenvalue weighted by Crippen LogP contribution is 2.39. The minimum absolute atomic E-state index is 0.144. The minimum Gasteiger partial charge on any atom is -0.505 e. The van der Waals surface area contributed by atoms with Crippen LogP contribution in [-0.4, -0.2) is 46.2 Å². The van der Waals surface area contributed by atoms with Gasteiger partial charge < -0.3 is 15.6 Å². The second kappa shape index (κ2) is 20.8. The lowest BCUT2D eigenvalue weighted by Crippen LogP contribution is -2.03. The zero-order chi connectivity index (χ0) is 43.1. The maximum atomic E-state index is 11.6. The highest BCUT2D eigenvalue weighted by atomic mass is 32.2. The van der Waals surface area contributed by atoms with Crippen molar-refractivity contribution in [2.75, 3.05) is 12.8 Å². The van der Waals surface area contributed by atoms with E-state index in [1.54, 1.807) is 55.6 Å². The van der Waals surface area contributed by atoms with Gasteiger partial charge in [0, 0.05) is 11.5 Å². The molecule has 0 fully saturated rings. The van der Waals surface area contributed by atoms with E-state index in [0.29, 0.717) is 45.3 Å². The number of nitrogens with two attached hydrogens (primary N) is 1. The van der Waals surface area contributed by atoms with Crippen molar-refractivity contribution < 1.29 is 43.9 Å². The third kappa shape index (κ3) is 12.9. The number of aromatic hydroxyl groups is 1. The molecule has 0 atom stereocenters. The van der Waals surface area contributed by atoms with E-state index in [1.165, 1.54) is 18.2 Å². The number of rotatable bonds is 10. The zero-order valence-corrected chi connectivity index (χ0v) is 33.4. The molecule has 0 saturated heterocycles. The number of azo groups is 4. The number of nitrogens with zero attached hydrogens (tertiary/aromatic N) is 8. The third-order valence-corrected chi connectivity index (χ3v) is 8.66. The Morgan fingerprint density at radius 2 is 1.05 bits per heavy atom. The highest BCUT2D eigenvalue weighted by Gasteiger charge is 2.17. The van der Waals surface area contributed by atoms with Crippen molar-refractivity contribution in [3.63, 3.8) is 0 Å². The van der Waals surface area contributed by atoms with Crippen LogP contribution in [0.2, 0.25) is 0 Å². The second-order valence-corrected chi connectivity index (χ2v) is 13.7. The SMILES string of the molecule is COc1cc(N=Nc2ccccc2)ccc1N=Nc1ccc(N=Nc2ccc(N=Nc3ccc4cc(S(=O)(=O)O)c(N)cc4c3O)cc2C)cc1C.O=S(=O)=O.O=S=O. The van der Waals surface area contributed by atoms with Crippen molar-refractivity contribution in [3.05, 3.63) is 120 Å². The number of hydrogen-bond donors (Lipinski definition) is 3. The molecule has 0 unspecified atom stereocenters. The van der Waals surface area contributed by atoms with Crippen molar-refractivity contribution in [2.45, 2.75) is 18.7 Å². The third-order valence-electron chi connectivity index (χ3n) is 7.75. The Hall–Kier alpha value is -7.27. The fraction of sp³-hybridized carbons (Fsp3) is 0.0811. The van der Waals surface area contributed by atoms with E-state index in [-0.39, 0.29) is 22.5 Å². The van der Waals surface area contributed by atoms with E-state index >= 15 is 0 Å². The molecule has 6 aromatic rings. The van der Waals surface area contributed by atoms with Crippen LogP contribution < -0.4 is 10.5 Å². The fourth-order valence-electron chi connectivity index (χ4n) is 5.03. The molecule has 0 heterocycles. The summed E-state index contributed by atoms with van der Waals surface area (Å²) >= 11 is -0.750. The monoisotopic (exact) mass is 857 g/mol. The van der Waals surface area contributed by atoms with Gasteiger partial charge in [-0.05, 0) is 109 Å². The lowest BCUT2D eigenvalue weighted by Gasteiger charge is -2.08. The molecule has 19 nitrogen and oxygen atoms in total. The van der Waals surface area contributed by atoms with Crippen LogP contribution in [0, 0.1) is 13.8 Å². The summed E-state index contributed by atoms with van der Waals surface area (Å²) in [7, 11) is -6.08. The van der Waals surface area contributed by atoms with Crippen LogP contribution in [0.25, 0.3) is 10.8 Å². The number of methoxy groups -OCH3 is 1. The van der Waals surface area contributed by atoms with Gasteiger partial charge in [-0.2, -0.15) is 47.5 Å². The molecule has 6 aromatic carbocycles. The molecule has 6 rings (SSSR count). The number of nitrogen functional groups attached to an aromatic ring is 1. The number of fused-ring (bicyclic) bond motifs is 1. The molecule has 0 saturated carbocycles. The van der Waals surface area contributed by atoms with Crippen molar-refractivity contribution in [2.24, 2.45) is 40.9 Å². The van der Waals surface area contributed by atoms with E-state index in [1.807, 2.05) is 56.3 Å². The smallest absolute Gasteiger partial charge is 0.425 e. The van der Waals surface area contributed by atoms with E-state index in [0.717, 1.165) is 16.8 Å². The summed E-state index contributed by atoms with van der Waals surface area (Å²) in [6.07, 6.45) is 0. The van der Waals surface area contributed by atoms with Crippen LogP contribution in [0.3, 0.4) is 0 Å². The zero-order valence-electron chi connectivity index (χ0n) is 30.9. The number of anilines is 1. The molecule has 0 aromatic heterocycles. The van der Waals surface area contributed by atoms with Gasteiger partial charge in [-0.1, -0.05) is 24.3 Å². The van der Waals surface area contributed by atoms with E-state index < -0.39 is 37.2 Å². The quantitative estimate of drug-likeness (QED) is 0.0661. The van der Waals surface area contributed by atoms with Gasteiger partial charge in [0.15, 0.2) is 5.75 Å². The van der Waals surface area contributed by atoms with Gasteiger partial charge in [0.05, 0.1) is 46.9 Å². The molecule has 22 heteroatoms. The number of benzene rings is 6. The van der Waals surface area contributed by atoms with Gasteiger partial charge in [0.1, 0.15) is 22.0 Å². The number of phenols is 1. The molecule has 0 spiro atoms. The van der Waals surface area contributed by atoms with Crippen LogP contribution in [0.4, 0.5) is 51.2 Å². The molecule has 302 valence electrons. The number of aryl methyl sites for hydroxylation is 2. The van der Waals surface area contributed by atoms with Gasteiger partial charge in [0.2, 0.25) is 0 Å². The maximum absolute atomic E-state index is 11.6. The summed E-state index contributed by atoms with van der Waals surface area (Å²) in [5, 5.41) is 45.8. The molecule has 0 aliphatic carbocycles. The molecule has 59 heavy (non-hydrogen) atoms. The lowest BCUT2D eigenvalue weighted by atomic mass is 10.1. The highest BCUT2D eigenvalue weighted by molar-refractivity contribution is 7.86. The number of hydrogen-bond acceptors (Lipinski definition) is 18. The Bertz CT molecular complexity index is 2880. The van der Waals surface area contributed by atoms with Crippen molar-refractivity contribution in [3.8, 4) is 11.5 Å². The second-order valence-electron chi connectivity index (χ2n) is 11.7. The predicted octanol–water partition coefficient (Wildman–Crippen LogP) is 9.99. The average Bonchev–Trinajstić information content (AvgIpc) is 3.19. The van der Waals surface area contributed by atoms with E-state index in [2.05, 4.69) is 40.9 Å². The Balaban J connectivity index is 0.00000102. The maximum Gasteiger partial charge on any atom is 0.425 e. The van der Waals surface area contributed by atoms with E-state index in [9.17, 15) is 18.1 Å². The Morgan fingerprint density at radius 1 is 0.610 bits per heavy atom. The largest absolute Gasteiger partial charge is 0.505 e. The number of ether oxygens (including phenoxy) is 1. The summed E-state index contributed by atoms with van der Waals surface area (Å²) < 4.78 is 80.0. The molecule has 0 aliphatic heterocycles. The van der Waals surface area contributed by atoms with Crippen LogP contribution >= 0.6 is 0 Å². The van der Waals surface area contributed by atoms with Crippen LogP contribution in [-0.2, 0) is 32.3 Å². The molecule has 4 N–H and O–H groups in total. The van der Waals surface area contributed by atoms with Crippen LogP contribution in [0.15, 0.2) is 155 Å². The van der Waals surface area contributed by atoms with Gasteiger partial charge >= 0.3 is 22.2 Å². The van der Waals surface area contributed by atoms with Gasteiger partial charge in [-0.15, -0.1) is 22.9 Å². The molecular weight excluding hydrogens is 827 g/mol. The molecule has 0 radical (unpaired) electrons. The standard InChI is InChI=1S/C37H31N9O5S.O3S.O2S/c1-22-17-27(42-46-34-13-9-24-19-36(52(48,49)50)30(38)21-29(24)37(34)47)10-14-31(22)43-41-26-11-15-32(23(2)18-26)44-45-33-16-12-28(20-35(33)51-3)40-39-25-7-5-4-6-8-25;1-4(2)3;1-3-2/h4-21,47H,38H2,1-3H3,(H,48,49,50);;. The van der Waals surface area contributed by atoms with Crippen molar-refractivity contribution >= 4 is 94.3 Å². The summed E-state index contributed by atoms with van der Waals surface area (Å²) in [6.45, 7) is 3.76. The average molecular weight is 858 g/mol. The molecule has 0 bridgehead atoms. The summed E-state index contributed by atoms with van der Waals surface area (Å²) in [6, 6.07) is 30.9. The Morgan fingerprint density at radius 3 is 1.58 bits per heavy atom. The van der Waals surface area contributed by atoms with Gasteiger partial charge in [0.25, 0.3) is 10.1 Å². The van der Waals surface area contributed by atoms with E-state index in [4.69, 9.17) is 31.5 Å². The molecule has 0 amide bonds. The Kier molecular flexibility index (Phi) is 15.6. The van der Waals surface area contributed by atoms with Crippen molar-refractivity contribution in [1.29, 1.82) is 0 Å². The fourth-order valence-corrected chi connectivity index (χ4v) is 5.66. The first kappa shape index (κ1) is 44.4. The minimum atomic E-state index is -4.53. The first-order valence-electron chi connectivity index (χ1n) is 16.5. The summed E-state index contributed by atoms with van der Waals surface area (Å²) in [4.78, 5) is -0.445. The summed E-state index contributed by atoms with van der Waals surface area (Å²) in [5.74, 6) is 0.270. The number of phenolic OH excluding ortho intramolecular Hbond substituents is 1. The van der Waals surface area contributed by atoms with Gasteiger partial charge in [-0.25, -0.2) is 0 Å². The predicted molar refractivity (Wildman–Crippen MR) is 217 cm³/mol. The first-order chi connectivity index (χ1) is 28.1. The van der Waals surface area contributed by atoms with Crippen LogP contribution in [0.5, 0.6) is 11.5 Å². The summed E-state index contributed by atoms with van der Waals surface area (Å²) in [5.41, 5.74) is 11.7. The molecular formula is C37H31N9O10S3. The van der Waals surface area contributed by atoms with Gasteiger partial charge in [-0.3, -0.25) is 4.55 Å². The lowest BCUT2D eigenvalue weighted by molar-refractivity contribution is 0.416. The Labute approximate surface area is 341 Å².